The molecule has 1 aliphatic rings. The molecule has 0 saturated carbocycles. The monoisotopic (exact) mass is 401 g/mol. The first-order chi connectivity index (χ1) is 13.1. The van der Waals surface area contributed by atoms with Crippen molar-refractivity contribution in [1.29, 1.82) is 5.26 Å². The first-order valence-corrected chi connectivity index (χ1v) is 9.94. The number of hydrogen-bond acceptors (Lipinski definition) is 6. The standard InChI is InChI=1S/C19H23N5O3S/c1-11-21-9-17(24(26)27)23(11)10-16(25)22-18-14(8-20)13-6-5-12(19(2,3)4)7-15(13)28-18/h9,12H,5-7,10H2,1-4H3,(H,22,25)/t12-/m0/s1. The molecule has 8 nitrogen and oxygen atoms in total. The Kier molecular flexibility index (Phi) is 5.26. The molecule has 148 valence electrons. The quantitative estimate of drug-likeness (QED) is 0.618. The summed E-state index contributed by atoms with van der Waals surface area (Å²) in [6, 6.07) is 2.23. The summed E-state index contributed by atoms with van der Waals surface area (Å²) in [4.78, 5) is 28.1. The lowest BCUT2D eigenvalue weighted by atomic mass is 9.72. The van der Waals surface area contributed by atoms with E-state index in [1.807, 2.05) is 0 Å². The van der Waals surface area contributed by atoms with Gasteiger partial charge < -0.3 is 15.4 Å². The van der Waals surface area contributed by atoms with Gasteiger partial charge in [0.25, 0.3) is 5.91 Å². The second-order valence-electron chi connectivity index (χ2n) is 8.18. The van der Waals surface area contributed by atoms with Crippen LogP contribution in [0.1, 0.15) is 49.0 Å². The fourth-order valence-corrected chi connectivity index (χ4v) is 4.93. The van der Waals surface area contributed by atoms with Crippen LogP contribution in [-0.4, -0.2) is 20.4 Å². The van der Waals surface area contributed by atoms with Crippen LogP contribution in [0.15, 0.2) is 6.20 Å². The van der Waals surface area contributed by atoms with E-state index in [0.29, 0.717) is 22.3 Å². The molecule has 0 aliphatic heterocycles. The van der Waals surface area contributed by atoms with Gasteiger partial charge in [0, 0.05) is 11.8 Å². The van der Waals surface area contributed by atoms with Crippen LogP contribution < -0.4 is 5.32 Å². The average molecular weight is 401 g/mol. The SMILES string of the molecule is Cc1ncc([N+](=O)[O-])n1CC(=O)Nc1sc2c(c1C#N)CC[C@H](C(C)(C)C)C2. The molecule has 1 atom stereocenters. The van der Waals surface area contributed by atoms with Crippen LogP contribution >= 0.6 is 11.3 Å². The minimum atomic E-state index is -0.565. The number of carbonyl (C=O) groups excluding carboxylic acids is 1. The van der Waals surface area contributed by atoms with Crippen LogP contribution in [-0.2, 0) is 24.2 Å². The minimum Gasteiger partial charge on any atom is -0.358 e. The van der Waals surface area contributed by atoms with Crippen LogP contribution in [0.2, 0.25) is 0 Å². The number of thiophene rings is 1. The van der Waals surface area contributed by atoms with Crippen molar-refractivity contribution in [2.24, 2.45) is 11.3 Å². The average Bonchev–Trinajstić information content (AvgIpc) is 3.13. The van der Waals surface area contributed by atoms with Gasteiger partial charge in [0.05, 0.1) is 5.56 Å². The normalized spacial score (nSPS) is 16.3. The number of carbonyl (C=O) groups is 1. The Bertz CT molecular complexity index is 977. The smallest absolute Gasteiger partial charge is 0.343 e. The van der Waals surface area contributed by atoms with Gasteiger partial charge in [0.15, 0.2) is 12.4 Å². The molecule has 0 saturated heterocycles. The molecule has 1 aliphatic carbocycles. The van der Waals surface area contributed by atoms with Gasteiger partial charge >= 0.3 is 5.82 Å². The summed E-state index contributed by atoms with van der Waals surface area (Å²) in [6.07, 6.45) is 3.90. The van der Waals surface area contributed by atoms with E-state index in [0.717, 1.165) is 35.9 Å². The van der Waals surface area contributed by atoms with Gasteiger partial charge in [-0.2, -0.15) is 5.26 Å². The number of rotatable bonds is 4. The number of aromatic nitrogens is 2. The fraction of sp³-hybridized carbons (Fsp3) is 0.526. The summed E-state index contributed by atoms with van der Waals surface area (Å²) >= 11 is 1.45. The summed E-state index contributed by atoms with van der Waals surface area (Å²) in [5, 5.41) is 24.0. The Morgan fingerprint density at radius 2 is 2.25 bits per heavy atom. The maximum Gasteiger partial charge on any atom is 0.343 e. The number of hydrogen-bond donors (Lipinski definition) is 1. The molecule has 0 fully saturated rings. The molecule has 2 aromatic rings. The van der Waals surface area contributed by atoms with Gasteiger partial charge in [-0.15, -0.1) is 11.3 Å². The molecule has 1 amide bonds. The van der Waals surface area contributed by atoms with Crippen LogP contribution in [0.5, 0.6) is 0 Å². The van der Waals surface area contributed by atoms with Gasteiger partial charge in [0.2, 0.25) is 0 Å². The third kappa shape index (κ3) is 3.78. The molecule has 0 unspecified atom stereocenters. The van der Waals surface area contributed by atoms with Crippen LogP contribution in [0.4, 0.5) is 10.8 Å². The molecule has 9 heteroatoms. The summed E-state index contributed by atoms with van der Waals surface area (Å²) in [5.41, 5.74) is 1.75. The maximum atomic E-state index is 12.5. The highest BCUT2D eigenvalue weighted by atomic mass is 32.1. The molecule has 0 aromatic carbocycles. The Labute approximate surface area is 167 Å². The zero-order valence-corrected chi connectivity index (χ0v) is 17.2. The number of imidazole rings is 1. The zero-order valence-electron chi connectivity index (χ0n) is 16.4. The van der Waals surface area contributed by atoms with Crippen molar-refractivity contribution in [2.45, 2.75) is 53.5 Å². The van der Waals surface area contributed by atoms with Crippen molar-refractivity contribution in [3.63, 3.8) is 0 Å². The van der Waals surface area contributed by atoms with Gasteiger partial charge in [-0.1, -0.05) is 20.8 Å². The number of nitriles is 1. The van der Waals surface area contributed by atoms with E-state index in [1.165, 1.54) is 15.9 Å². The van der Waals surface area contributed by atoms with E-state index >= 15 is 0 Å². The number of fused-ring (bicyclic) bond motifs is 1. The summed E-state index contributed by atoms with van der Waals surface area (Å²) in [6.45, 7) is 8.07. The van der Waals surface area contributed by atoms with Crippen LogP contribution in [0.25, 0.3) is 0 Å². The van der Waals surface area contributed by atoms with Gasteiger partial charge in [-0.05, 0) is 41.1 Å². The third-order valence-electron chi connectivity index (χ3n) is 5.38. The second kappa shape index (κ2) is 7.36. The molecular formula is C19H23N5O3S. The lowest BCUT2D eigenvalue weighted by molar-refractivity contribution is -0.392. The Morgan fingerprint density at radius 1 is 1.54 bits per heavy atom. The molecule has 0 radical (unpaired) electrons. The Balaban J connectivity index is 1.81. The number of nitrogens with zero attached hydrogens (tertiary/aromatic N) is 4. The summed E-state index contributed by atoms with van der Waals surface area (Å²) < 4.78 is 1.25. The minimum absolute atomic E-state index is 0.190. The molecule has 0 spiro atoms. The number of anilines is 1. The van der Waals surface area contributed by atoms with Crippen LogP contribution in [0.3, 0.4) is 0 Å². The number of nitrogens with one attached hydrogen (secondary N) is 1. The van der Waals surface area contributed by atoms with Crippen molar-refractivity contribution in [2.75, 3.05) is 5.32 Å². The van der Waals surface area contributed by atoms with E-state index in [2.05, 4.69) is 37.1 Å². The molecular weight excluding hydrogens is 378 g/mol. The second-order valence-corrected chi connectivity index (χ2v) is 9.29. The third-order valence-corrected chi connectivity index (χ3v) is 6.55. The number of aryl methyl sites for hydroxylation is 1. The predicted octanol–water partition coefficient (Wildman–Crippen LogP) is 3.82. The molecule has 28 heavy (non-hydrogen) atoms. The van der Waals surface area contributed by atoms with E-state index < -0.39 is 10.8 Å². The first-order valence-electron chi connectivity index (χ1n) is 9.12. The molecule has 1 N–H and O–H groups in total. The Morgan fingerprint density at radius 3 is 2.86 bits per heavy atom. The van der Waals surface area contributed by atoms with Crippen molar-refractivity contribution in [3.05, 3.63) is 38.1 Å². The molecule has 2 heterocycles. The topological polar surface area (TPSA) is 114 Å². The van der Waals surface area contributed by atoms with Crippen molar-refractivity contribution >= 4 is 28.1 Å². The highest BCUT2D eigenvalue weighted by Crippen LogP contribution is 2.44. The Hall–Kier alpha value is -2.73. The largest absolute Gasteiger partial charge is 0.358 e. The first kappa shape index (κ1) is 20.0. The molecule has 0 bridgehead atoms. The number of nitro groups is 1. The van der Waals surface area contributed by atoms with E-state index in [1.54, 1.807) is 6.92 Å². The van der Waals surface area contributed by atoms with Crippen LogP contribution in [0, 0.1) is 39.7 Å². The van der Waals surface area contributed by atoms with Crippen molar-refractivity contribution in [1.82, 2.24) is 9.55 Å². The van der Waals surface area contributed by atoms with Crippen molar-refractivity contribution in [3.8, 4) is 6.07 Å². The van der Waals surface area contributed by atoms with Gasteiger partial charge in [-0.25, -0.2) is 9.55 Å². The maximum absolute atomic E-state index is 12.5. The lowest BCUT2D eigenvalue weighted by Crippen LogP contribution is -2.26. The fourth-order valence-electron chi connectivity index (χ4n) is 3.64. The van der Waals surface area contributed by atoms with Gasteiger partial charge in [-0.3, -0.25) is 4.79 Å². The lowest BCUT2D eigenvalue weighted by Gasteiger charge is -2.33. The number of amides is 1. The van der Waals surface area contributed by atoms with Gasteiger partial charge in [0.1, 0.15) is 17.3 Å². The predicted molar refractivity (Wildman–Crippen MR) is 106 cm³/mol. The zero-order chi connectivity index (χ0) is 20.6. The molecule has 3 rings (SSSR count). The summed E-state index contributed by atoms with van der Waals surface area (Å²) in [5.74, 6) is 0.282. The van der Waals surface area contributed by atoms with E-state index in [-0.39, 0.29) is 17.8 Å². The van der Waals surface area contributed by atoms with E-state index in [9.17, 15) is 20.2 Å². The summed E-state index contributed by atoms with van der Waals surface area (Å²) in [7, 11) is 0. The highest BCUT2D eigenvalue weighted by Gasteiger charge is 2.32. The van der Waals surface area contributed by atoms with Crippen molar-refractivity contribution < 1.29 is 9.72 Å². The molecule has 2 aromatic heterocycles. The van der Waals surface area contributed by atoms with E-state index in [4.69, 9.17) is 0 Å². The highest BCUT2D eigenvalue weighted by molar-refractivity contribution is 7.16.